The summed E-state index contributed by atoms with van der Waals surface area (Å²) in [6, 6.07) is 16.7. The summed E-state index contributed by atoms with van der Waals surface area (Å²) in [7, 11) is 0. The summed E-state index contributed by atoms with van der Waals surface area (Å²) in [5.74, 6) is -2.69. The number of hydrogen-bond acceptors (Lipinski definition) is 5. The van der Waals surface area contributed by atoms with Crippen molar-refractivity contribution in [3.63, 3.8) is 0 Å². The van der Waals surface area contributed by atoms with Crippen molar-refractivity contribution < 1.29 is 32.3 Å². The van der Waals surface area contributed by atoms with Gasteiger partial charge in [-0.15, -0.1) is 0 Å². The Bertz CT molecular complexity index is 1610. The maximum Gasteiger partial charge on any atom is 0.416 e. The van der Waals surface area contributed by atoms with Crippen LogP contribution in [0.4, 0.5) is 23.4 Å². The predicted molar refractivity (Wildman–Crippen MR) is 147 cm³/mol. The molecule has 5 rings (SSSR count). The average Bonchev–Trinajstić information content (AvgIpc) is 3.38. The Balaban J connectivity index is 1.71. The Morgan fingerprint density at radius 1 is 1.07 bits per heavy atom. The van der Waals surface area contributed by atoms with Crippen LogP contribution >= 0.6 is 0 Å². The molecule has 4 N–H and O–H groups in total. The highest BCUT2D eigenvalue weighted by atomic mass is 19.4. The molecule has 2 amide bonds. The highest BCUT2D eigenvalue weighted by molar-refractivity contribution is 6.05. The number of anilines is 1. The number of halogens is 4. The van der Waals surface area contributed by atoms with Crippen molar-refractivity contribution >= 4 is 17.6 Å². The van der Waals surface area contributed by atoms with Crippen LogP contribution in [0.5, 0.6) is 0 Å². The Kier molecular flexibility index (Phi) is 7.85. The van der Waals surface area contributed by atoms with Crippen LogP contribution in [0.15, 0.2) is 78.9 Å². The van der Waals surface area contributed by atoms with E-state index >= 15 is 0 Å². The molecule has 0 radical (unpaired) electrons. The van der Waals surface area contributed by atoms with Gasteiger partial charge in [0.15, 0.2) is 0 Å². The number of fused-ring (bicyclic) bond motifs is 1. The van der Waals surface area contributed by atoms with Crippen LogP contribution in [-0.2, 0) is 11.0 Å². The number of amides is 2. The molecule has 0 aliphatic carbocycles. The Morgan fingerprint density at radius 2 is 1.76 bits per heavy atom. The van der Waals surface area contributed by atoms with Crippen molar-refractivity contribution in [1.82, 2.24) is 15.1 Å². The summed E-state index contributed by atoms with van der Waals surface area (Å²) in [6.07, 6.45) is -5.95. The number of aliphatic hydroxyl groups is 1. The predicted octanol–water partition coefficient (Wildman–Crippen LogP) is 4.32. The Hall–Kier alpha value is -4.55. The van der Waals surface area contributed by atoms with Gasteiger partial charge in [0.05, 0.1) is 16.9 Å². The molecule has 218 valence electrons. The van der Waals surface area contributed by atoms with Gasteiger partial charge in [0.2, 0.25) is 0 Å². The summed E-state index contributed by atoms with van der Waals surface area (Å²) in [5, 5.41) is 18.2. The number of carbonyl (C=O) groups is 2. The number of benzene rings is 3. The first-order valence-electron chi connectivity index (χ1n) is 13.2. The van der Waals surface area contributed by atoms with E-state index in [1.165, 1.54) is 39.9 Å². The molecule has 0 bridgehead atoms. The van der Waals surface area contributed by atoms with Crippen molar-refractivity contribution in [3.8, 4) is 5.69 Å². The van der Waals surface area contributed by atoms with Crippen molar-refractivity contribution in [2.24, 2.45) is 5.73 Å². The zero-order chi connectivity index (χ0) is 30.2. The molecule has 12 heteroatoms. The van der Waals surface area contributed by atoms with Crippen LogP contribution in [-0.4, -0.2) is 45.8 Å². The topological polar surface area (TPSA) is 113 Å². The number of aliphatic hydroxyl groups excluding tert-OH is 1. The molecular formula is C30H27F4N5O3. The van der Waals surface area contributed by atoms with E-state index in [1.54, 1.807) is 37.3 Å². The molecule has 0 fully saturated rings. The lowest BCUT2D eigenvalue weighted by molar-refractivity contribution is -0.137. The third-order valence-corrected chi connectivity index (χ3v) is 7.18. The fourth-order valence-electron chi connectivity index (χ4n) is 5.23. The van der Waals surface area contributed by atoms with Crippen LogP contribution in [0.1, 0.15) is 51.7 Å². The highest BCUT2D eigenvalue weighted by Gasteiger charge is 2.47. The number of carbonyl (C=O) groups excluding carboxylic acids is 2. The molecule has 42 heavy (non-hydrogen) atoms. The van der Waals surface area contributed by atoms with Crippen molar-refractivity contribution in [2.75, 3.05) is 18.0 Å². The van der Waals surface area contributed by atoms with E-state index in [0.717, 1.165) is 12.1 Å². The Labute approximate surface area is 238 Å². The number of hydrogen-bond donors (Lipinski definition) is 3. The van der Waals surface area contributed by atoms with Crippen molar-refractivity contribution in [1.29, 1.82) is 0 Å². The second-order valence-corrected chi connectivity index (χ2v) is 9.76. The summed E-state index contributed by atoms with van der Waals surface area (Å²) in [4.78, 5) is 28.9. The molecule has 8 nitrogen and oxygen atoms in total. The van der Waals surface area contributed by atoms with E-state index in [2.05, 4.69) is 10.4 Å². The molecule has 4 aromatic rings. The van der Waals surface area contributed by atoms with Crippen LogP contribution in [0.25, 0.3) is 5.69 Å². The maximum absolute atomic E-state index is 14.1. The molecule has 0 saturated carbocycles. The molecule has 1 aliphatic heterocycles. The summed E-state index contributed by atoms with van der Waals surface area (Å²) in [6.45, 7) is 1.64. The molecule has 3 aromatic carbocycles. The van der Waals surface area contributed by atoms with Crippen LogP contribution in [0.3, 0.4) is 0 Å². The lowest BCUT2D eigenvalue weighted by Gasteiger charge is -2.38. The SMILES string of the molecule is CCN1C(=O)[C@H](NC(=O)c2cccc(C(F)(F)F)c2)[C@H](c2ccc(F)cc2)c2c(C(O)CN)nn(-c3ccccc3)c21. The standard InChI is InChI=1S/C30H27F4N5O3/c1-2-38-28-24(25(22(40)16-35)37-39(28)21-9-4-3-5-10-21)23(17-11-13-20(31)14-12-17)26(29(38)42)36-27(41)18-7-6-8-19(15-18)30(32,33)34/h3-15,22-23,26,40H,2,16,35H2,1H3,(H,36,41)/t22?,23-,26-/m1/s1. The second kappa shape index (κ2) is 11.4. The van der Waals surface area contributed by atoms with Gasteiger partial charge in [0.1, 0.15) is 23.8 Å². The van der Waals surface area contributed by atoms with Gasteiger partial charge < -0.3 is 16.2 Å². The molecule has 0 spiro atoms. The van der Waals surface area contributed by atoms with Crippen molar-refractivity contribution in [3.05, 3.63) is 113 Å². The van der Waals surface area contributed by atoms with Gasteiger partial charge >= 0.3 is 6.18 Å². The van der Waals surface area contributed by atoms with E-state index in [1.807, 2.05) is 0 Å². The van der Waals surface area contributed by atoms with Gasteiger partial charge in [-0.1, -0.05) is 36.4 Å². The summed E-state index contributed by atoms with van der Waals surface area (Å²) in [5.41, 5.74) is 6.03. The molecule has 2 heterocycles. The van der Waals surface area contributed by atoms with E-state index in [-0.39, 0.29) is 24.3 Å². The molecule has 1 aromatic heterocycles. The molecule has 1 unspecified atom stereocenters. The fourth-order valence-corrected chi connectivity index (χ4v) is 5.23. The van der Waals surface area contributed by atoms with Gasteiger partial charge in [0.25, 0.3) is 11.8 Å². The maximum atomic E-state index is 14.1. The molecule has 0 saturated heterocycles. The normalized spacial score (nSPS) is 17.6. The third kappa shape index (κ3) is 5.26. The Morgan fingerprint density at radius 3 is 2.38 bits per heavy atom. The van der Waals surface area contributed by atoms with Crippen LogP contribution < -0.4 is 16.0 Å². The van der Waals surface area contributed by atoms with E-state index in [4.69, 9.17) is 5.73 Å². The first-order valence-corrected chi connectivity index (χ1v) is 13.2. The van der Waals surface area contributed by atoms with Gasteiger partial charge in [-0.05, 0) is 55.0 Å². The minimum Gasteiger partial charge on any atom is -0.385 e. The van der Waals surface area contributed by atoms with Gasteiger partial charge in [-0.2, -0.15) is 18.3 Å². The number of nitrogens with one attached hydrogen (secondary N) is 1. The van der Waals surface area contributed by atoms with E-state index in [0.29, 0.717) is 28.7 Å². The minimum atomic E-state index is -4.68. The number of likely N-dealkylation sites (N-methyl/N-ethyl adjacent to an activating group) is 1. The smallest absolute Gasteiger partial charge is 0.385 e. The first kappa shape index (κ1) is 29.0. The lowest BCUT2D eigenvalue weighted by atomic mass is 9.80. The lowest BCUT2D eigenvalue weighted by Crippen LogP contribution is -2.55. The summed E-state index contributed by atoms with van der Waals surface area (Å²) >= 11 is 0. The number of alkyl halides is 3. The van der Waals surface area contributed by atoms with E-state index in [9.17, 15) is 32.3 Å². The third-order valence-electron chi connectivity index (χ3n) is 7.18. The van der Waals surface area contributed by atoms with E-state index < -0.39 is 47.4 Å². The minimum absolute atomic E-state index is 0.134. The second-order valence-electron chi connectivity index (χ2n) is 9.76. The number of rotatable bonds is 7. The quantitative estimate of drug-likeness (QED) is 0.282. The van der Waals surface area contributed by atoms with Crippen LogP contribution in [0, 0.1) is 5.82 Å². The van der Waals surface area contributed by atoms with Crippen molar-refractivity contribution in [2.45, 2.75) is 31.2 Å². The van der Waals surface area contributed by atoms with Gasteiger partial charge in [0, 0.05) is 30.1 Å². The fraction of sp³-hybridized carbons (Fsp3) is 0.233. The zero-order valence-corrected chi connectivity index (χ0v) is 22.3. The summed E-state index contributed by atoms with van der Waals surface area (Å²) < 4.78 is 55.6. The number of nitrogens with two attached hydrogens (primary N) is 1. The zero-order valence-electron chi connectivity index (χ0n) is 22.3. The number of para-hydroxylation sites is 1. The van der Waals surface area contributed by atoms with Gasteiger partial charge in [-0.25, -0.2) is 9.07 Å². The number of aromatic nitrogens is 2. The first-order chi connectivity index (χ1) is 20.0. The van der Waals surface area contributed by atoms with Crippen LogP contribution in [0.2, 0.25) is 0 Å². The van der Waals surface area contributed by atoms with Gasteiger partial charge in [-0.3, -0.25) is 14.5 Å². The average molecular weight is 582 g/mol. The monoisotopic (exact) mass is 581 g/mol. The molecular weight excluding hydrogens is 554 g/mol. The molecule has 3 atom stereocenters. The highest BCUT2D eigenvalue weighted by Crippen LogP contribution is 2.45. The largest absolute Gasteiger partial charge is 0.416 e. The number of nitrogens with zero attached hydrogens (tertiary/aromatic N) is 3. The molecule has 1 aliphatic rings.